The zero-order valence-electron chi connectivity index (χ0n) is 18.9. The number of aryl methyl sites for hydroxylation is 2. The molecule has 1 amide bonds. The van der Waals surface area contributed by atoms with Crippen molar-refractivity contribution in [3.8, 4) is 11.3 Å². The van der Waals surface area contributed by atoms with Crippen LogP contribution in [-0.4, -0.2) is 50.2 Å². The van der Waals surface area contributed by atoms with Gasteiger partial charge < -0.3 is 9.80 Å². The van der Waals surface area contributed by atoms with Gasteiger partial charge in [0.2, 0.25) is 11.9 Å². The molecule has 0 radical (unpaired) electrons. The second-order valence-corrected chi connectivity index (χ2v) is 8.91. The van der Waals surface area contributed by atoms with E-state index in [2.05, 4.69) is 34.0 Å². The molecule has 0 saturated carbocycles. The maximum atomic E-state index is 13.3. The van der Waals surface area contributed by atoms with Crippen molar-refractivity contribution in [2.24, 2.45) is 7.05 Å². The van der Waals surface area contributed by atoms with Crippen LogP contribution >= 0.6 is 0 Å². The molecule has 2 aliphatic heterocycles. The summed E-state index contributed by atoms with van der Waals surface area (Å²) in [5.74, 6) is 0.958. The molecule has 7 heteroatoms. The molecular weight excluding hydrogens is 400 g/mol. The van der Waals surface area contributed by atoms with Gasteiger partial charge in [-0.3, -0.25) is 9.48 Å². The van der Waals surface area contributed by atoms with Crippen molar-refractivity contribution >= 4 is 11.9 Å². The van der Waals surface area contributed by atoms with Crippen molar-refractivity contribution in [1.82, 2.24) is 24.6 Å². The van der Waals surface area contributed by atoms with E-state index >= 15 is 0 Å². The van der Waals surface area contributed by atoms with Crippen molar-refractivity contribution in [2.45, 2.75) is 45.1 Å². The minimum atomic E-state index is 0.0139. The Kier molecular flexibility index (Phi) is 5.64. The fourth-order valence-corrected chi connectivity index (χ4v) is 5.06. The van der Waals surface area contributed by atoms with Gasteiger partial charge in [-0.05, 0) is 44.2 Å². The molecule has 32 heavy (non-hydrogen) atoms. The Balaban J connectivity index is 1.43. The Morgan fingerprint density at radius 2 is 1.97 bits per heavy atom. The molecule has 2 fully saturated rings. The van der Waals surface area contributed by atoms with Crippen molar-refractivity contribution < 1.29 is 4.79 Å². The number of carbonyl (C=O) groups is 1. The first-order valence-electron chi connectivity index (χ1n) is 11.6. The molecule has 2 aliphatic rings. The largest absolute Gasteiger partial charge is 0.341 e. The van der Waals surface area contributed by atoms with E-state index in [0.717, 1.165) is 60.9 Å². The number of anilines is 1. The third-order valence-electron chi connectivity index (χ3n) is 6.62. The SMILES string of the molecule is Cc1cccc(CC(=O)N2CCC[C@@H]2c2c(-c3ccnc(N4CCCC4)n3)cnn2C)c1. The maximum Gasteiger partial charge on any atom is 0.227 e. The van der Waals surface area contributed by atoms with Gasteiger partial charge in [-0.25, -0.2) is 9.97 Å². The molecule has 166 valence electrons. The summed E-state index contributed by atoms with van der Waals surface area (Å²) in [7, 11) is 1.96. The van der Waals surface area contributed by atoms with Gasteiger partial charge in [-0.1, -0.05) is 29.8 Å². The van der Waals surface area contributed by atoms with Crippen LogP contribution in [-0.2, 0) is 18.3 Å². The number of benzene rings is 1. The highest BCUT2D eigenvalue weighted by Gasteiger charge is 2.34. The average Bonchev–Trinajstić information content (AvgIpc) is 3.54. The maximum absolute atomic E-state index is 13.3. The van der Waals surface area contributed by atoms with Gasteiger partial charge in [-0.15, -0.1) is 0 Å². The van der Waals surface area contributed by atoms with Crippen LogP contribution in [0, 0.1) is 6.92 Å². The molecule has 0 N–H and O–H groups in total. The van der Waals surface area contributed by atoms with Crippen LogP contribution < -0.4 is 4.90 Å². The number of amides is 1. The van der Waals surface area contributed by atoms with Crippen molar-refractivity contribution in [3.05, 3.63) is 59.5 Å². The van der Waals surface area contributed by atoms with Crippen LogP contribution in [0.3, 0.4) is 0 Å². The molecule has 4 heterocycles. The standard InChI is InChI=1S/C25H30N6O/c1-18-7-5-8-19(15-18)16-23(32)31-14-6-9-22(31)24-20(17-27-29(24)2)21-10-11-26-25(28-21)30-12-3-4-13-30/h5,7-8,10-11,15,17,22H,3-4,6,9,12-14,16H2,1-2H3/t22-/m1/s1. The van der Waals surface area contributed by atoms with Crippen LogP contribution in [0.5, 0.6) is 0 Å². The fraction of sp³-hybridized carbons (Fsp3) is 0.440. The Bertz CT molecular complexity index is 1120. The molecule has 0 unspecified atom stereocenters. The normalized spacial score (nSPS) is 18.5. The van der Waals surface area contributed by atoms with Gasteiger partial charge in [0.25, 0.3) is 0 Å². The van der Waals surface area contributed by atoms with Crippen LogP contribution in [0.1, 0.15) is 48.5 Å². The Hall–Kier alpha value is -3.22. The summed E-state index contributed by atoms with van der Waals surface area (Å²) >= 11 is 0. The van der Waals surface area contributed by atoms with Gasteiger partial charge >= 0.3 is 0 Å². The van der Waals surface area contributed by atoms with Gasteiger partial charge in [0.05, 0.1) is 30.0 Å². The van der Waals surface area contributed by atoms with Gasteiger partial charge in [0, 0.05) is 38.4 Å². The molecule has 2 saturated heterocycles. The summed E-state index contributed by atoms with van der Waals surface area (Å²) in [6, 6.07) is 10.2. The summed E-state index contributed by atoms with van der Waals surface area (Å²) in [5, 5.41) is 4.56. The summed E-state index contributed by atoms with van der Waals surface area (Å²) in [5.41, 5.74) is 5.18. The molecule has 7 nitrogen and oxygen atoms in total. The lowest BCUT2D eigenvalue weighted by Crippen LogP contribution is -2.33. The molecule has 5 rings (SSSR count). The summed E-state index contributed by atoms with van der Waals surface area (Å²) in [4.78, 5) is 26.9. The highest BCUT2D eigenvalue weighted by atomic mass is 16.2. The molecule has 2 aromatic heterocycles. The molecule has 0 aliphatic carbocycles. The summed E-state index contributed by atoms with van der Waals surface area (Å²) in [6.07, 6.45) is 8.46. The van der Waals surface area contributed by atoms with E-state index in [1.807, 2.05) is 47.2 Å². The Labute approximate surface area is 189 Å². The molecule has 1 atom stereocenters. The number of nitrogens with zero attached hydrogens (tertiary/aromatic N) is 6. The minimum Gasteiger partial charge on any atom is -0.341 e. The number of carbonyl (C=O) groups excluding carboxylic acids is 1. The number of aromatic nitrogens is 4. The van der Waals surface area contributed by atoms with Crippen LogP contribution in [0.15, 0.2) is 42.7 Å². The lowest BCUT2D eigenvalue weighted by molar-refractivity contribution is -0.131. The quantitative estimate of drug-likeness (QED) is 0.618. The predicted molar refractivity (Wildman–Crippen MR) is 124 cm³/mol. The Morgan fingerprint density at radius 3 is 2.78 bits per heavy atom. The first-order valence-corrected chi connectivity index (χ1v) is 11.6. The number of hydrogen-bond acceptors (Lipinski definition) is 5. The first-order chi connectivity index (χ1) is 15.6. The third kappa shape index (κ3) is 3.99. The molecule has 0 spiro atoms. The van der Waals surface area contributed by atoms with E-state index in [1.54, 1.807) is 0 Å². The summed E-state index contributed by atoms with van der Waals surface area (Å²) < 4.78 is 1.91. The van der Waals surface area contributed by atoms with E-state index in [9.17, 15) is 4.79 Å². The predicted octanol–water partition coefficient (Wildman–Crippen LogP) is 3.69. The lowest BCUT2D eigenvalue weighted by Gasteiger charge is -2.26. The van der Waals surface area contributed by atoms with E-state index < -0.39 is 0 Å². The molecule has 3 aromatic rings. The topological polar surface area (TPSA) is 67.2 Å². The van der Waals surface area contributed by atoms with Crippen LogP contribution in [0.4, 0.5) is 5.95 Å². The Morgan fingerprint density at radius 1 is 1.12 bits per heavy atom. The second-order valence-electron chi connectivity index (χ2n) is 8.91. The van der Waals surface area contributed by atoms with E-state index in [-0.39, 0.29) is 11.9 Å². The van der Waals surface area contributed by atoms with Gasteiger partial charge in [0.15, 0.2) is 0 Å². The third-order valence-corrected chi connectivity index (χ3v) is 6.62. The molecular formula is C25H30N6O. The van der Waals surface area contributed by atoms with Gasteiger partial charge in [-0.2, -0.15) is 5.10 Å². The van der Waals surface area contributed by atoms with Crippen LogP contribution in [0.2, 0.25) is 0 Å². The first kappa shape index (κ1) is 20.7. The second kappa shape index (κ2) is 8.73. The van der Waals surface area contributed by atoms with Crippen molar-refractivity contribution in [2.75, 3.05) is 24.5 Å². The lowest BCUT2D eigenvalue weighted by atomic mass is 10.0. The smallest absolute Gasteiger partial charge is 0.227 e. The fourth-order valence-electron chi connectivity index (χ4n) is 5.06. The number of hydrogen-bond donors (Lipinski definition) is 0. The number of rotatable bonds is 5. The van der Waals surface area contributed by atoms with E-state index in [0.29, 0.717) is 6.42 Å². The molecule has 1 aromatic carbocycles. The van der Waals surface area contributed by atoms with E-state index in [4.69, 9.17) is 4.98 Å². The van der Waals surface area contributed by atoms with Crippen molar-refractivity contribution in [3.63, 3.8) is 0 Å². The highest BCUT2D eigenvalue weighted by molar-refractivity contribution is 5.80. The van der Waals surface area contributed by atoms with Gasteiger partial charge in [0.1, 0.15) is 0 Å². The minimum absolute atomic E-state index is 0.0139. The average molecular weight is 431 g/mol. The summed E-state index contributed by atoms with van der Waals surface area (Å²) in [6.45, 7) is 4.86. The van der Waals surface area contributed by atoms with Crippen LogP contribution in [0.25, 0.3) is 11.3 Å². The van der Waals surface area contributed by atoms with Crippen molar-refractivity contribution in [1.29, 1.82) is 0 Å². The zero-order valence-corrected chi connectivity index (χ0v) is 18.9. The highest BCUT2D eigenvalue weighted by Crippen LogP contribution is 2.37. The van der Waals surface area contributed by atoms with E-state index in [1.165, 1.54) is 18.4 Å². The molecule has 0 bridgehead atoms. The zero-order chi connectivity index (χ0) is 22.1. The number of likely N-dealkylation sites (tertiary alicyclic amines) is 1. The monoisotopic (exact) mass is 430 g/mol.